The van der Waals surface area contributed by atoms with Gasteiger partial charge in [0.2, 0.25) is 11.8 Å². The van der Waals surface area contributed by atoms with Gasteiger partial charge < -0.3 is 30.9 Å². The molecule has 0 radical (unpaired) electrons. The minimum absolute atomic E-state index is 0.119. The molecular formula is C30H41N3O7. The number of carboxylic acid groups (broad SMARTS) is 1. The van der Waals surface area contributed by atoms with E-state index in [2.05, 4.69) is 16.0 Å². The molecule has 2 rings (SSSR count). The molecule has 0 saturated heterocycles. The van der Waals surface area contributed by atoms with Crippen LogP contribution in [0.5, 0.6) is 5.75 Å². The number of aliphatic hydroxyl groups excluding tert-OH is 1. The minimum atomic E-state index is -1.49. The first-order valence-corrected chi connectivity index (χ1v) is 13.6. The summed E-state index contributed by atoms with van der Waals surface area (Å²) in [4.78, 5) is 49.7. The molecule has 0 spiro atoms. The summed E-state index contributed by atoms with van der Waals surface area (Å²) in [6.45, 7) is 5.95. The minimum Gasteiger partial charge on any atom is -0.484 e. The van der Waals surface area contributed by atoms with E-state index in [0.717, 1.165) is 5.56 Å². The van der Waals surface area contributed by atoms with Crippen molar-refractivity contribution in [2.75, 3.05) is 13.2 Å². The van der Waals surface area contributed by atoms with E-state index >= 15 is 0 Å². The number of rotatable bonds is 17. The van der Waals surface area contributed by atoms with Gasteiger partial charge in [0.05, 0.1) is 18.6 Å². The molecule has 0 unspecified atom stereocenters. The van der Waals surface area contributed by atoms with E-state index in [1.165, 1.54) is 0 Å². The van der Waals surface area contributed by atoms with Gasteiger partial charge in [0.15, 0.2) is 6.61 Å². The van der Waals surface area contributed by atoms with E-state index in [9.17, 15) is 29.4 Å². The van der Waals surface area contributed by atoms with Crippen LogP contribution in [0.1, 0.15) is 45.6 Å². The molecule has 4 atom stereocenters. The van der Waals surface area contributed by atoms with Gasteiger partial charge in [0, 0.05) is 12.5 Å². The Balaban J connectivity index is 2.05. The van der Waals surface area contributed by atoms with E-state index in [4.69, 9.17) is 4.74 Å². The van der Waals surface area contributed by atoms with E-state index in [-0.39, 0.29) is 24.7 Å². The van der Waals surface area contributed by atoms with Crippen LogP contribution in [0.2, 0.25) is 0 Å². The lowest BCUT2D eigenvalue weighted by molar-refractivity contribution is -0.144. The number of hydrogen-bond acceptors (Lipinski definition) is 6. The lowest BCUT2D eigenvalue weighted by Crippen LogP contribution is -2.50. The Morgan fingerprint density at radius 2 is 1.52 bits per heavy atom. The number of carbonyl (C=O) groups is 4. The Morgan fingerprint density at radius 3 is 2.10 bits per heavy atom. The zero-order valence-electron chi connectivity index (χ0n) is 23.3. The molecule has 218 valence electrons. The molecule has 3 amide bonds. The third-order valence-corrected chi connectivity index (χ3v) is 6.32. The second-order valence-electron chi connectivity index (χ2n) is 10.2. The van der Waals surface area contributed by atoms with Crippen molar-refractivity contribution in [1.29, 1.82) is 0 Å². The van der Waals surface area contributed by atoms with E-state index in [1.54, 1.807) is 30.3 Å². The van der Waals surface area contributed by atoms with Crippen LogP contribution >= 0.6 is 0 Å². The van der Waals surface area contributed by atoms with E-state index in [0.29, 0.717) is 18.7 Å². The SMILES string of the molecule is CC[C@H](C[C@H](O)[C@H](Cc1ccccc1)NC(=O)C[C@H](NC(=O)COc1ccccc1)C(=O)O)C(=O)NCC(C)C. The van der Waals surface area contributed by atoms with Crippen LogP contribution in [0.3, 0.4) is 0 Å². The number of hydrogen-bond donors (Lipinski definition) is 5. The standard InChI is InChI=1S/C30H41N3O7/c1-4-22(29(37)31-18-20(2)3)16-26(34)24(15-21-11-7-5-8-12-21)32-27(35)17-25(30(38)39)33-28(36)19-40-23-13-9-6-10-14-23/h5-14,20,22,24-26,34H,4,15-19H2,1-3H3,(H,31,37)(H,32,35)(H,33,36)(H,38,39)/t22-,24+,25+,26+/m1/s1. The highest BCUT2D eigenvalue weighted by atomic mass is 16.5. The van der Waals surface area contributed by atoms with Gasteiger partial charge in [-0.05, 0) is 42.9 Å². The Morgan fingerprint density at radius 1 is 0.900 bits per heavy atom. The number of aliphatic carboxylic acids is 1. The monoisotopic (exact) mass is 555 g/mol. The van der Waals surface area contributed by atoms with Crippen LogP contribution in [0.4, 0.5) is 0 Å². The highest BCUT2D eigenvalue weighted by molar-refractivity contribution is 5.89. The zero-order chi connectivity index (χ0) is 29.5. The Kier molecular flexibility index (Phi) is 13.7. The number of carbonyl (C=O) groups excluding carboxylic acids is 3. The maximum absolute atomic E-state index is 12.9. The Bertz CT molecular complexity index is 1080. The number of carboxylic acids is 1. The molecule has 0 aliphatic rings. The van der Waals surface area contributed by atoms with Crippen molar-refractivity contribution in [3.8, 4) is 5.75 Å². The summed E-state index contributed by atoms with van der Waals surface area (Å²) in [6.07, 6.45) is -0.723. The first kappa shape index (κ1) is 32.3. The summed E-state index contributed by atoms with van der Waals surface area (Å²) in [7, 11) is 0. The van der Waals surface area contributed by atoms with Gasteiger partial charge in [-0.1, -0.05) is 69.3 Å². The van der Waals surface area contributed by atoms with Crippen LogP contribution in [0.25, 0.3) is 0 Å². The topological polar surface area (TPSA) is 154 Å². The molecule has 0 aliphatic heterocycles. The number of aliphatic hydroxyl groups is 1. The third kappa shape index (κ3) is 11.9. The maximum atomic E-state index is 12.9. The van der Waals surface area contributed by atoms with E-state index < -0.39 is 54.9 Å². The van der Waals surface area contributed by atoms with Crippen molar-refractivity contribution < 1.29 is 34.1 Å². The van der Waals surface area contributed by atoms with Gasteiger partial charge in [-0.2, -0.15) is 0 Å². The van der Waals surface area contributed by atoms with Gasteiger partial charge >= 0.3 is 5.97 Å². The van der Waals surface area contributed by atoms with Crippen LogP contribution in [0.15, 0.2) is 60.7 Å². The summed E-state index contributed by atoms with van der Waals surface area (Å²) in [6, 6.07) is 15.5. The second-order valence-corrected chi connectivity index (χ2v) is 10.2. The molecule has 0 aliphatic carbocycles. The van der Waals surface area contributed by atoms with Crippen LogP contribution in [0, 0.1) is 11.8 Å². The molecule has 0 bridgehead atoms. The van der Waals surface area contributed by atoms with Crippen LogP contribution < -0.4 is 20.7 Å². The molecular weight excluding hydrogens is 514 g/mol. The highest BCUT2D eigenvalue weighted by Crippen LogP contribution is 2.17. The molecule has 2 aromatic rings. The molecule has 40 heavy (non-hydrogen) atoms. The summed E-state index contributed by atoms with van der Waals surface area (Å²) >= 11 is 0. The molecule has 10 nitrogen and oxygen atoms in total. The highest BCUT2D eigenvalue weighted by Gasteiger charge is 2.30. The first-order chi connectivity index (χ1) is 19.1. The van der Waals surface area contributed by atoms with E-state index in [1.807, 2.05) is 51.1 Å². The number of nitrogens with one attached hydrogen (secondary N) is 3. The van der Waals surface area contributed by atoms with Gasteiger partial charge in [0.1, 0.15) is 11.8 Å². The smallest absolute Gasteiger partial charge is 0.326 e. The zero-order valence-corrected chi connectivity index (χ0v) is 23.3. The summed E-state index contributed by atoms with van der Waals surface area (Å²) < 4.78 is 5.34. The second kappa shape index (κ2) is 16.9. The Labute approximate surface area is 235 Å². The fourth-order valence-corrected chi connectivity index (χ4v) is 4.07. The quantitative estimate of drug-likeness (QED) is 0.201. The maximum Gasteiger partial charge on any atom is 0.326 e. The summed E-state index contributed by atoms with van der Waals surface area (Å²) in [5, 5.41) is 28.7. The predicted octanol–water partition coefficient (Wildman–Crippen LogP) is 2.30. The first-order valence-electron chi connectivity index (χ1n) is 13.6. The van der Waals surface area contributed by atoms with Crippen molar-refractivity contribution in [3.05, 3.63) is 66.2 Å². The third-order valence-electron chi connectivity index (χ3n) is 6.32. The van der Waals surface area contributed by atoms with Gasteiger partial charge in [-0.15, -0.1) is 0 Å². The Hall–Kier alpha value is -3.92. The van der Waals surface area contributed by atoms with Crippen molar-refractivity contribution in [3.63, 3.8) is 0 Å². The van der Waals surface area contributed by atoms with Crippen molar-refractivity contribution >= 4 is 23.7 Å². The molecule has 0 heterocycles. The largest absolute Gasteiger partial charge is 0.484 e. The van der Waals surface area contributed by atoms with Gasteiger partial charge in [-0.3, -0.25) is 14.4 Å². The molecule has 0 saturated carbocycles. The molecule has 2 aromatic carbocycles. The van der Waals surface area contributed by atoms with Gasteiger partial charge in [0.25, 0.3) is 5.91 Å². The fraction of sp³-hybridized carbons (Fsp3) is 0.467. The predicted molar refractivity (Wildman–Crippen MR) is 150 cm³/mol. The van der Waals surface area contributed by atoms with Crippen molar-refractivity contribution in [1.82, 2.24) is 16.0 Å². The normalized spacial score (nSPS) is 13.9. The summed E-state index contributed by atoms with van der Waals surface area (Å²) in [5.41, 5.74) is 0.852. The average molecular weight is 556 g/mol. The average Bonchev–Trinajstić information content (AvgIpc) is 2.93. The van der Waals surface area contributed by atoms with Gasteiger partial charge in [-0.25, -0.2) is 4.79 Å². The van der Waals surface area contributed by atoms with Crippen LogP contribution in [-0.2, 0) is 25.6 Å². The number of benzene rings is 2. The number of para-hydroxylation sites is 1. The van der Waals surface area contributed by atoms with Crippen LogP contribution in [-0.4, -0.2) is 65.2 Å². The van der Waals surface area contributed by atoms with Crippen molar-refractivity contribution in [2.45, 2.75) is 64.6 Å². The lowest BCUT2D eigenvalue weighted by atomic mass is 9.91. The molecule has 5 N–H and O–H groups in total. The molecule has 0 fully saturated rings. The fourth-order valence-electron chi connectivity index (χ4n) is 4.07. The number of ether oxygens (including phenoxy) is 1. The van der Waals surface area contributed by atoms with Crippen molar-refractivity contribution in [2.24, 2.45) is 11.8 Å². The summed E-state index contributed by atoms with van der Waals surface area (Å²) in [5.74, 6) is -2.62. The number of amides is 3. The lowest BCUT2D eigenvalue weighted by Gasteiger charge is -2.28. The molecule has 10 heteroatoms. The molecule has 0 aromatic heterocycles.